The Kier molecular flexibility index (Phi) is 6.19. The minimum absolute atomic E-state index is 0.110. The van der Waals surface area contributed by atoms with Crippen LogP contribution in [0.5, 0.6) is 11.5 Å². The second-order valence-corrected chi connectivity index (χ2v) is 9.08. The highest BCUT2D eigenvalue weighted by atomic mass is 16.7. The average molecular weight is 475 g/mol. The summed E-state index contributed by atoms with van der Waals surface area (Å²) in [6.45, 7) is 9.09. The second kappa shape index (κ2) is 9.44. The number of hydrogen-bond acceptors (Lipinski definition) is 6. The molecule has 8 nitrogen and oxygen atoms in total. The molecular formula is C27H30N4O4. The average Bonchev–Trinajstić information content (AvgIpc) is 3.52. The van der Waals surface area contributed by atoms with Crippen LogP contribution in [0.4, 0.5) is 4.79 Å². The molecule has 5 rings (SSSR count). The lowest BCUT2D eigenvalue weighted by Crippen LogP contribution is -2.46. The van der Waals surface area contributed by atoms with E-state index >= 15 is 0 Å². The molecule has 0 spiro atoms. The van der Waals surface area contributed by atoms with Crippen LogP contribution in [0.3, 0.4) is 0 Å². The van der Waals surface area contributed by atoms with Crippen LogP contribution in [0.15, 0.2) is 46.6 Å². The first-order valence-corrected chi connectivity index (χ1v) is 12.1. The third kappa shape index (κ3) is 4.36. The van der Waals surface area contributed by atoms with Crippen molar-refractivity contribution >= 4 is 11.6 Å². The highest BCUT2D eigenvalue weighted by Crippen LogP contribution is 2.39. The normalized spacial score (nSPS) is 17.2. The van der Waals surface area contributed by atoms with Crippen molar-refractivity contribution in [3.63, 3.8) is 0 Å². The summed E-state index contributed by atoms with van der Waals surface area (Å²) in [6.07, 6.45) is 3.07. The molecule has 0 bridgehead atoms. The van der Waals surface area contributed by atoms with Gasteiger partial charge in [-0.1, -0.05) is 43.1 Å². The van der Waals surface area contributed by atoms with E-state index in [4.69, 9.17) is 19.0 Å². The van der Waals surface area contributed by atoms with Gasteiger partial charge in [0.25, 0.3) is 5.89 Å². The topological polar surface area (TPSA) is 89.7 Å². The Balaban J connectivity index is 1.56. The zero-order valence-corrected chi connectivity index (χ0v) is 20.6. The monoisotopic (exact) mass is 474 g/mol. The Labute approximate surface area is 204 Å². The molecule has 0 saturated carbocycles. The van der Waals surface area contributed by atoms with Gasteiger partial charge in [-0.2, -0.15) is 4.98 Å². The van der Waals surface area contributed by atoms with Crippen molar-refractivity contribution in [3.8, 4) is 22.9 Å². The summed E-state index contributed by atoms with van der Waals surface area (Å²) in [4.78, 5) is 19.7. The third-order valence-corrected chi connectivity index (χ3v) is 6.73. The number of fused-ring (bicyclic) bond motifs is 1. The standard InChI is InChI=1S/C27H30N4O4/c1-5-6-7-12-31-18(4)23(24(28-27(31)32)19-9-8-16(2)17(3)13-19)26-29-25(30-35-26)20-10-11-21-22(14-20)34-15-33-21/h8-11,13-14,24H,5-7,12,15H2,1-4H3,(H,28,32). The van der Waals surface area contributed by atoms with Gasteiger partial charge in [-0.15, -0.1) is 0 Å². The molecule has 2 aromatic carbocycles. The van der Waals surface area contributed by atoms with Gasteiger partial charge in [0.15, 0.2) is 11.5 Å². The molecule has 2 aliphatic rings. The van der Waals surface area contributed by atoms with E-state index in [-0.39, 0.29) is 12.8 Å². The van der Waals surface area contributed by atoms with Gasteiger partial charge in [-0.05, 0) is 62.1 Å². The highest BCUT2D eigenvalue weighted by Gasteiger charge is 2.35. The van der Waals surface area contributed by atoms with Crippen LogP contribution < -0.4 is 14.8 Å². The van der Waals surface area contributed by atoms with E-state index in [1.165, 1.54) is 5.56 Å². The molecule has 1 N–H and O–H groups in total. The molecule has 0 radical (unpaired) electrons. The molecule has 8 heteroatoms. The number of benzene rings is 2. The summed E-state index contributed by atoms with van der Waals surface area (Å²) in [5, 5.41) is 7.44. The quantitative estimate of drug-likeness (QED) is 0.437. The van der Waals surface area contributed by atoms with Crippen LogP contribution in [0.25, 0.3) is 17.0 Å². The van der Waals surface area contributed by atoms with E-state index in [9.17, 15) is 4.79 Å². The fraction of sp³-hybridized carbons (Fsp3) is 0.370. The summed E-state index contributed by atoms with van der Waals surface area (Å²) in [5.74, 6) is 2.19. The van der Waals surface area contributed by atoms with Gasteiger partial charge in [0, 0.05) is 17.8 Å². The Morgan fingerprint density at radius 2 is 1.86 bits per heavy atom. The molecule has 1 unspecified atom stereocenters. The Bertz CT molecular complexity index is 1300. The molecule has 0 aliphatic carbocycles. The zero-order valence-electron chi connectivity index (χ0n) is 20.6. The summed E-state index contributed by atoms with van der Waals surface area (Å²) < 4.78 is 16.7. The minimum Gasteiger partial charge on any atom is -0.454 e. The van der Waals surface area contributed by atoms with Crippen LogP contribution in [-0.4, -0.2) is 34.4 Å². The number of aromatic nitrogens is 2. The highest BCUT2D eigenvalue weighted by molar-refractivity contribution is 5.87. The molecule has 0 fully saturated rings. The molecule has 3 heterocycles. The number of carbonyl (C=O) groups is 1. The number of aryl methyl sites for hydroxylation is 2. The zero-order chi connectivity index (χ0) is 24.5. The van der Waals surface area contributed by atoms with Crippen LogP contribution in [0.2, 0.25) is 0 Å². The predicted molar refractivity (Wildman–Crippen MR) is 132 cm³/mol. The molecule has 2 aliphatic heterocycles. The number of nitrogens with one attached hydrogen (secondary N) is 1. The fourth-order valence-corrected chi connectivity index (χ4v) is 4.53. The maximum atomic E-state index is 13.1. The van der Waals surface area contributed by atoms with Gasteiger partial charge in [0.05, 0.1) is 11.6 Å². The number of nitrogens with zero attached hydrogens (tertiary/aromatic N) is 3. The number of urea groups is 1. The SMILES string of the molecule is CCCCCN1C(=O)NC(c2ccc(C)c(C)c2)C(c2nc(-c3ccc4c(c3)OCO4)no2)=C1C. The third-order valence-electron chi connectivity index (χ3n) is 6.73. The van der Waals surface area contributed by atoms with Gasteiger partial charge in [-0.3, -0.25) is 4.90 Å². The van der Waals surface area contributed by atoms with Crippen LogP contribution >= 0.6 is 0 Å². The van der Waals surface area contributed by atoms with E-state index < -0.39 is 6.04 Å². The van der Waals surface area contributed by atoms with Crippen molar-refractivity contribution in [2.45, 2.75) is 53.0 Å². The molecule has 0 saturated heterocycles. The van der Waals surface area contributed by atoms with E-state index in [0.717, 1.165) is 47.2 Å². The van der Waals surface area contributed by atoms with E-state index in [0.29, 0.717) is 29.8 Å². The number of ether oxygens (including phenoxy) is 2. The van der Waals surface area contributed by atoms with E-state index in [1.54, 1.807) is 4.90 Å². The Hall–Kier alpha value is -3.81. The van der Waals surface area contributed by atoms with Crippen LogP contribution in [0.1, 0.15) is 61.7 Å². The van der Waals surface area contributed by atoms with Crippen molar-refractivity contribution in [1.29, 1.82) is 0 Å². The summed E-state index contributed by atoms with van der Waals surface area (Å²) in [7, 11) is 0. The molecule has 1 aromatic heterocycles. The number of allylic oxidation sites excluding steroid dienone is 1. The number of carbonyl (C=O) groups excluding carboxylic acids is 1. The number of amides is 2. The summed E-state index contributed by atoms with van der Waals surface area (Å²) in [6, 6.07) is 11.3. The smallest absolute Gasteiger partial charge is 0.322 e. The van der Waals surface area contributed by atoms with Crippen molar-refractivity contribution in [2.75, 3.05) is 13.3 Å². The van der Waals surface area contributed by atoms with Gasteiger partial charge >= 0.3 is 6.03 Å². The lowest BCUT2D eigenvalue weighted by molar-refractivity contribution is 0.174. The van der Waals surface area contributed by atoms with Crippen LogP contribution in [-0.2, 0) is 0 Å². The van der Waals surface area contributed by atoms with Crippen LogP contribution in [0, 0.1) is 13.8 Å². The van der Waals surface area contributed by atoms with Gasteiger partial charge in [0.1, 0.15) is 0 Å². The predicted octanol–water partition coefficient (Wildman–Crippen LogP) is 5.77. The fourth-order valence-electron chi connectivity index (χ4n) is 4.53. The largest absolute Gasteiger partial charge is 0.454 e. The Morgan fingerprint density at radius 1 is 1.03 bits per heavy atom. The molecule has 1 atom stereocenters. The van der Waals surface area contributed by atoms with E-state index in [1.807, 2.05) is 31.2 Å². The number of rotatable bonds is 7. The lowest BCUT2D eigenvalue weighted by Gasteiger charge is -2.35. The Morgan fingerprint density at radius 3 is 2.66 bits per heavy atom. The van der Waals surface area contributed by atoms with E-state index in [2.05, 4.69) is 43.4 Å². The first-order chi connectivity index (χ1) is 17.0. The minimum atomic E-state index is -0.394. The first-order valence-electron chi connectivity index (χ1n) is 12.1. The van der Waals surface area contributed by atoms with Gasteiger partial charge < -0.3 is 19.3 Å². The first kappa shape index (κ1) is 23.0. The van der Waals surface area contributed by atoms with Crippen molar-refractivity contribution in [1.82, 2.24) is 20.4 Å². The second-order valence-electron chi connectivity index (χ2n) is 9.08. The molecular weight excluding hydrogens is 444 g/mol. The van der Waals surface area contributed by atoms with Crippen molar-refractivity contribution in [2.24, 2.45) is 0 Å². The molecule has 182 valence electrons. The van der Waals surface area contributed by atoms with Gasteiger partial charge in [0.2, 0.25) is 12.6 Å². The molecule has 2 amide bonds. The summed E-state index contributed by atoms with van der Waals surface area (Å²) >= 11 is 0. The summed E-state index contributed by atoms with van der Waals surface area (Å²) in [5.41, 5.74) is 5.74. The van der Waals surface area contributed by atoms with Gasteiger partial charge in [-0.25, -0.2) is 4.79 Å². The number of unbranched alkanes of at least 4 members (excludes halogenated alkanes) is 2. The maximum Gasteiger partial charge on any atom is 0.322 e. The molecule has 3 aromatic rings. The van der Waals surface area contributed by atoms with Crippen molar-refractivity contribution < 1.29 is 18.8 Å². The maximum absolute atomic E-state index is 13.1. The van der Waals surface area contributed by atoms with Crippen molar-refractivity contribution in [3.05, 3.63) is 64.7 Å². The lowest BCUT2D eigenvalue weighted by atomic mass is 9.92. The number of hydrogen-bond donors (Lipinski definition) is 1. The molecule has 35 heavy (non-hydrogen) atoms.